The molecule has 0 bridgehead atoms. The third kappa shape index (κ3) is 6.20. The molecule has 0 aliphatic rings. The maximum Gasteiger partial charge on any atom is 0.344 e. The number of hydrogen-bond donors (Lipinski definition) is 1. The lowest BCUT2D eigenvalue weighted by Gasteiger charge is -2.15. The number of nitrogens with one attached hydrogen (secondary N) is 1. The topological polar surface area (TPSA) is 64.6 Å². The molecule has 1 amide bonds. The van der Waals surface area contributed by atoms with Crippen molar-refractivity contribution >= 4 is 11.9 Å². The first kappa shape index (κ1) is 19.4. The normalized spacial score (nSPS) is 11.5. The number of amides is 1. The van der Waals surface area contributed by atoms with Gasteiger partial charge in [-0.1, -0.05) is 31.2 Å². The van der Waals surface area contributed by atoms with Crippen LogP contribution in [0.25, 0.3) is 0 Å². The van der Waals surface area contributed by atoms with E-state index in [1.807, 2.05) is 31.2 Å². The van der Waals surface area contributed by atoms with Gasteiger partial charge in [0.2, 0.25) is 0 Å². The molecule has 6 heteroatoms. The lowest BCUT2D eigenvalue weighted by atomic mass is 10.1. The van der Waals surface area contributed by atoms with Crippen LogP contribution in [0.15, 0.2) is 48.5 Å². The molecule has 1 unspecified atom stereocenters. The van der Waals surface area contributed by atoms with E-state index in [1.54, 1.807) is 0 Å². The van der Waals surface area contributed by atoms with Gasteiger partial charge >= 0.3 is 5.97 Å². The molecule has 0 heterocycles. The summed E-state index contributed by atoms with van der Waals surface area (Å²) >= 11 is 0. The second-order valence-corrected chi connectivity index (χ2v) is 5.79. The van der Waals surface area contributed by atoms with Gasteiger partial charge in [-0.15, -0.1) is 0 Å². The van der Waals surface area contributed by atoms with Gasteiger partial charge in [-0.2, -0.15) is 0 Å². The lowest BCUT2D eigenvalue weighted by Crippen LogP contribution is -2.31. The molecule has 5 nitrogen and oxygen atoms in total. The summed E-state index contributed by atoms with van der Waals surface area (Å²) in [6.07, 6.45) is 0.955. The van der Waals surface area contributed by atoms with Crippen LogP contribution in [0, 0.1) is 5.82 Å². The van der Waals surface area contributed by atoms with E-state index in [0.717, 1.165) is 12.0 Å². The van der Waals surface area contributed by atoms with Gasteiger partial charge in [-0.3, -0.25) is 4.79 Å². The smallest absolute Gasteiger partial charge is 0.344 e. The second kappa shape index (κ2) is 9.56. The van der Waals surface area contributed by atoms with Crippen molar-refractivity contribution in [3.8, 4) is 5.75 Å². The van der Waals surface area contributed by atoms with Crippen LogP contribution < -0.4 is 10.1 Å². The van der Waals surface area contributed by atoms with Crippen LogP contribution in [0.4, 0.5) is 4.39 Å². The average Bonchev–Trinajstić information content (AvgIpc) is 2.66. The molecule has 1 N–H and O–H groups in total. The quantitative estimate of drug-likeness (QED) is 0.735. The van der Waals surface area contributed by atoms with E-state index in [0.29, 0.717) is 5.75 Å². The minimum Gasteiger partial charge on any atom is -0.482 e. The van der Waals surface area contributed by atoms with E-state index in [-0.39, 0.29) is 19.3 Å². The number of aryl methyl sites for hydroxylation is 1. The van der Waals surface area contributed by atoms with Crippen LogP contribution in [0.1, 0.15) is 31.0 Å². The summed E-state index contributed by atoms with van der Waals surface area (Å²) in [5.41, 5.74) is 2.20. The first-order valence-corrected chi connectivity index (χ1v) is 8.40. The number of carbonyl (C=O) groups excluding carboxylic acids is 2. The first-order chi connectivity index (χ1) is 12.5. The molecular weight excluding hydrogens is 337 g/mol. The van der Waals surface area contributed by atoms with Gasteiger partial charge in [0.25, 0.3) is 5.91 Å². The maximum absolute atomic E-state index is 12.8. The van der Waals surface area contributed by atoms with E-state index in [4.69, 9.17) is 9.47 Å². The van der Waals surface area contributed by atoms with Crippen molar-refractivity contribution < 1.29 is 23.5 Å². The highest BCUT2D eigenvalue weighted by molar-refractivity contribution is 5.81. The molecule has 0 spiro atoms. The van der Waals surface area contributed by atoms with Gasteiger partial charge in [-0.05, 0) is 48.7 Å². The summed E-state index contributed by atoms with van der Waals surface area (Å²) in [4.78, 5) is 23.5. The minimum absolute atomic E-state index is 0.192. The number of ether oxygens (including phenoxy) is 2. The molecule has 0 aromatic heterocycles. The Morgan fingerprint density at radius 3 is 2.31 bits per heavy atom. The zero-order valence-electron chi connectivity index (χ0n) is 14.8. The monoisotopic (exact) mass is 359 g/mol. The SMILES string of the molecule is CCc1ccc(C(C)NC(=O)COC(=O)COc2ccc(F)cc2)cc1. The fourth-order valence-corrected chi connectivity index (χ4v) is 2.27. The Morgan fingerprint density at radius 2 is 1.69 bits per heavy atom. The fraction of sp³-hybridized carbons (Fsp3) is 0.300. The van der Waals surface area contributed by atoms with Gasteiger partial charge in [0.15, 0.2) is 13.2 Å². The predicted octanol–water partition coefficient (Wildman–Crippen LogP) is 3.19. The van der Waals surface area contributed by atoms with Crippen LogP contribution >= 0.6 is 0 Å². The molecule has 0 aliphatic heterocycles. The number of hydrogen-bond acceptors (Lipinski definition) is 4. The van der Waals surface area contributed by atoms with Crippen molar-refractivity contribution in [1.82, 2.24) is 5.32 Å². The predicted molar refractivity (Wildman–Crippen MR) is 95.2 cm³/mol. The molecule has 138 valence electrons. The highest BCUT2D eigenvalue weighted by atomic mass is 19.1. The summed E-state index contributed by atoms with van der Waals surface area (Å²) in [6, 6.07) is 13.0. The van der Waals surface area contributed by atoms with Crippen LogP contribution in [-0.4, -0.2) is 25.1 Å². The number of carbonyl (C=O) groups is 2. The molecule has 1 atom stereocenters. The van der Waals surface area contributed by atoms with E-state index in [1.165, 1.54) is 29.8 Å². The Hall–Kier alpha value is -2.89. The molecule has 26 heavy (non-hydrogen) atoms. The van der Waals surface area contributed by atoms with Crippen molar-refractivity contribution in [2.75, 3.05) is 13.2 Å². The summed E-state index contributed by atoms with van der Waals surface area (Å²) in [7, 11) is 0. The van der Waals surface area contributed by atoms with Gasteiger partial charge in [0, 0.05) is 0 Å². The standard InChI is InChI=1S/C20H22FNO4/c1-3-15-4-6-16(7-5-15)14(2)22-19(23)12-26-20(24)13-25-18-10-8-17(21)9-11-18/h4-11,14H,3,12-13H2,1-2H3,(H,22,23). The van der Waals surface area contributed by atoms with Gasteiger partial charge in [-0.25, -0.2) is 9.18 Å². The number of rotatable bonds is 8. The molecule has 0 aliphatic carbocycles. The van der Waals surface area contributed by atoms with E-state index in [9.17, 15) is 14.0 Å². The molecule has 2 rings (SSSR count). The third-order valence-electron chi connectivity index (χ3n) is 3.80. The summed E-state index contributed by atoms with van der Waals surface area (Å²) < 4.78 is 22.8. The molecule has 0 saturated heterocycles. The van der Waals surface area contributed by atoms with Crippen molar-refractivity contribution in [3.63, 3.8) is 0 Å². The lowest BCUT2D eigenvalue weighted by molar-refractivity contribution is -0.150. The molecule has 2 aromatic rings. The zero-order chi connectivity index (χ0) is 18.9. The Morgan fingerprint density at radius 1 is 1.04 bits per heavy atom. The summed E-state index contributed by atoms with van der Waals surface area (Å²) in [5.74, 6) is -1.12. The van der Waals surface area contributed by atoms with Gasteiger partial charge in [0.1, 0.15) is 11.6 Å². The highest BCUT2D eigenvalue weighted by Gasteiger charge is 2.12. The second-order valence-electron chi connectivity index (χ2n) is 5.79. The van der Waals surface area contributed by atoms with Crippen LogP contribution in [0.2, 0.25) is 0 Å². The highest BCUT2D eigenvalue weighted by Crippen LogP contribution is 2.14. The Labute approximate surface area is 152 Å². The third-order valence-corrected chi connectivity index (χ3v) is 3.80. The fourth-order valence-electron chi connectivity index (χ4n) is 2.27. The van der Waals surface area contributed by atoms with Crippen LogP contribution in [0.3, 0.4) is 0 Å². The van der Waals surface area contributed by atoms with Crippen LogP contribution in [-0.2, 0) is 20.7 Å². The van der Waals surface area contributed by atoms with Gasteiger partial charge in [0.05, 0.1) is 6.04 Å². The van der Waals surface area contributed by atoms with E-state index in [2.05, 4.69) is 12.2 Å². The number of esters is 1. The molecule has 0 radical (unpaired) electrons. The van der Waals surface area contributed by atoms with Crippen molar-refractivity contribution in [1.29, 1.82) is 0 Å². The van der Waals surface area contributed by atoms with Crippen molar-refractivity contribution in [2.24, 2.45) is 0 Å². The Bertz CT molecular complexity index is 728. The average molecular weight is 359 g/mol. The minimum atomic E-state index is -0.676. The Kier molecular flexibility index (Phi) is 7.14. The van der Waals surface area contributed by atoms with E-state index >= 15 is 0 Å². The largest absolute Gasteiger partial charge is 0.482 e. The molecule has 0 saturated carbocycles. The van der Waals surface area contributed by atoms with Crippen molar-refractivity contribution in [2.45, 2.75) is 26.3 Å². The zero-order valence-corrected chi connectivity index (χ0v) is 14.8. The van der Waals surface area contributed by atoms with Gasteiger partial charge < -0.3 is 14.8 Å². The summed E-state index contributed by atoms with van der Waals surface area (Å²) in [6.45, 7) is 3.20. The molecule has 2 aromatic carbocycles. The van der Waals surface area contributed by atoms with E-state index < -0.39 is 17.7 Å². The first-order valence-electron chi connectivity index (χ1n) is 8.40. The van der Waals surface area contributed by atoms with Crippen LogP contribution in [0.5, 0.6) is 5.75 Å². The maximum atomic E-state index is 12.8. The number of halogens is 1. The summed E-state index contributed by atoms with van der Waals surface area (Å²) in [5, 5.41) is 2.77. The van der Waals surface area contributed by atoms with Crippen molar-refractivity contribution in [3.05, 3.63) is 65.5 Å². The number of benzene rings is 2. The molecule has 0 fully saturated rings. The Balaban J connectivity index is 1.71. The molecular formula is C20H22FNO4.